The summed E-state index contributed by atoms with van der Waals surface area (Å²) in [4.78, 5) is 11.1. The van der Waals surface area contributed by atoms with E-state index in [0.717, 1.165) is 31.5 Å². The fourth-order valence-electron chi connectivity index (χ4n) is 1.60. The van der Waals surface area contributed by atoms with Crippen LogP contribution in [0, 0.1) is 6.92 Å². The molecule has 0 amide bonds. The summed E-state index contributed by atoms with van der Waals surface area (Å²) in [6.45, 7) is 3.89. The third-order valence-electron chi connectivity index (χ3n) is 2.26. The molecule has 1 aromatic heterocycles. The van der Waals surface area contributed by atoms with Gasteiger partial charge in [0.05, 0.1) is 0 Å². The van der Waals surface area contributed by atoms with Crippen LogP contribution in [-0.2, 0) is 6.42 Å². The Labute approximate surface area is 70.2 Å². The van der Waals surface area contributed by atoms with Crippen LogP contribution in [0.3, 0.4) is 0 Å². The molecule has 0 N–H and O–H groups in total. The topological polar surface area (TPSA) is 48.0 Å². The Morgan fingerprint density at radius 2 is 2.42 bits per heavy atom. The van der Waals surface area contributed by atoms with E-state index in [1.54, 1.807) is 4.57 Å². The predicted octanol–water partition coefficient (Wildman–Crippen LogP) is 0.938. The quantitative estimate of drug-likeness (QED) is 0.577. The van der Waals surface area contributed by atoms with Crippen molar-refractivity contribution in [2.24, 2.45) is 0 Å². The largest absolute Gasteiger partial charge is 0.441 e. The zero-order valence-corrected chi connectivity index (χ0v) is 6.82. The van der Waals surface area contributed by atoms with Crippen LogP contribution >= 0.6 is 0 Å². The van der Waals surface area contributed by atoms with E-state index in [1.165, 1.54) is 0 Å². The number of fused-ring (bicyclic) bond motifs is 1. The normalized spacial score (nSPS) is 23.2. The van der Waals surface area contributed by atoms with Crippen LogP contribution in [-0.4, -0.2) is 9.72 Å². The van der Waals surface area contributed by atoms with Crippen LogP contribution in [0.4, 0.5) is 0 Å². The van der Waals surface area contributed by atoms with E-state index >= 15 is 0 Å². The second kappa shape index (κ2) is 2.77. The molecule has 2 rings (SSSR count). The van der Waals surface area contributed by atoms with Crippen molar-refractivity contribution in [3.63, 3.8) is 0 Å². The lowest BCUT2D eigenvalue weighted by molar-refractivity contribution is 0.363. The lowest BCUT2D eigenvalue weighted by atomic mass is 10.1. The SMILES string of the molecule is [CH2][C@H]1CCCCc2noc(=O)n21. The van der Waals surface area contributed by atoms with Gasteiger partial charge in [-0.3, -0.25) is 9.09 Å². The van der Waals surface area contributed by atoms with Gasteiger partial charge in [-0.2, -0.15) is 0 Å². The van der Waals surface area contributed by atoms with E-state index in [1.807, 2.05) is 0 Å². The highest BCUT2D eigenvalue weighted by Crippen LogP contribution is 2.19. The molecule has 1 atom stereocenters. The van der Waals surface area contributed by atoms with Crippen LogP contribution < -0.4 is 5.76 Å². The molecule has 0 spiro atoms. The Hall–Kier alpha value is -1.06. The average Bonchev–Trinajstić information content (AvgIpc) is 2.29. The van der Waals surface area contributed by atoms with Gasteiger partial charge in [0, 0.05) is 12.5 Å². The number of rotatable bonds is 0. The Bertz CT molecular complexity index is 326. The zero-order chi connectivity index (χ0) is 8.55. The highest BCUT2D eigenvalue weighted by molar-refractivity contribution is 4.91. The maximum absolute atomic E-state index is 11.1. The van der Waals surface area contributed by atoms with Crippen molar-refractivity contribution < 1.29 is 4.52 Å². The second-order valence-electron chi connectivity index (χ2n) is 3.13. The zero-order valence-electron chi connectivity index (χ0n) is 6.82. The molecule has 4 heteroatoms. The molecular weight excluding hydrogens is 156 g/mol. The van der Waals surface area contributed by atoms with Crippen molar-refractivity contribution in [1.82, 2.24) is 9.72 Å². The summed E-state index contributed by atoms with van der Waals surface area (Å²) in [5, 5.41) is 3.70. The molecule has 0 saturated heterocycles. The van der Waals surface area contributed by atoms with Gasteiger partial charge in [-0.1, -0.05) is 11.6 Å². The first-order valence-electron chi connectivity index (χ1n) is 4.19. The van der Waals surface area contributed by atoms with Gasteiger partial charge in [0.2, 0.25) is 0 Å². The molecule has 1 radical (unpaired) electrons. The molecule has 0 aromatic carbocycles. The molecule has 0 unspecified atom stereocenters. The van der Waals surface area contributed by atoms with Gasteiger partial charge in [-0.25, -0.2) is 4.79 Å². The van der Waals surface area contributed by atoms with E-state index in [2.05, 4.69) is 16.6 Å². The first-order valence-corrected chi connectivity index (χ1v) is 4.19. The Morgan fingerprint density at radius 3 is 3.25 bits per heavy atom. The van der Waals surface area contributed by atoms with E-state index in [9.17, 15) is 4.79 Å². The van der Waals surface area contributed by atoms with Gasteiger partial charge in [-0.15, -0.1) is 0 Å². The highest BCUT2D eigenvalue weighted by atomic mass is 16.5. The monoisotopic (exact) mass is 167 g/mol. The van der Waals surface area contributed by atoms with Gasteiger partial charge >= 0.3 is 5.76 Å². The lowest BCUT2D eigenvalue weighted by Crippen LogP contribution is -2.19. The van der Waals surface area contributed by atoms with Gasteiger partial charge in [0.1, 0.15) is 0 Å². The molecule has 12 heavy (non-hydrogen) atoms. The summed E-state index contributed by atoms with van der Waals surface area (Å²) in [6.07, 6.45) is 3.95. The van der Waals surface area contributed by atoms with Crippen molar-refractivity contribution in [3.05, 3.63) is 23.3 Å². The molecule has 1 aromatic rings. The number of aromatic nitrogens is 2. The second-order valence-corrected chi connectivity index (χ2v) is 3.13. The van der Waals surface area contributed by atoms with Crippen molar-refractivity contribution in [3.8, 4) is 0 Å². The first kappa shape index (κ1) is 7.58. The Morgan fingerprint density at radius 1 is 1.58 bits per heavy atom. The van der Waals surface area contributed by atoms with E-state index < -0.39 is 0 Å². The molecule has 65 valence electrons. The highest BCUT2D eigenvalue weighted by Gasteiger charge is 2.18. The van der Waals surface area contributed by atoms with Crippen LogP contribution in [0.2, 0.25) is 0 Å². The van der Waals surface area contributed by atoms with Crippen molar-refractivity contribution in [2.75, 3.05) is 0 Å². The van der Waals surface area contributed by atoms with Crippen LogP contribution in [0.15, 0.2) is 9.32 Å². The minimum absolute atomic E-state index is 0.00116. The van der Waals surface area contributed by atoms with Crippen LogP contribution in [0.1, 0.15) is 31.1 Å². The fraction of sp³-hybridized carbons (Fsp3) is 0.625. The minimum Gasteiger partial charge on any atom is -0.296 e. The molecule has 1 aliphatic heterocycles. The van der Waals surface area contributed by atoms with Gasteiger partial charge in [0.15, 0.2) is 5.82 Å². The first-order chi connectivity index (χ1) is 5.79. The summed E-state index contributed by atoms with van der Waals surface area (Å²) in [5.74, 6) is 0.379. The molecule has 1 aliphatic rings. The number of aryl methyl sites for hydroxylation is 1. The Balaban J connectivity index is 2.49. The maximum atomic E-state index is 11.1. The summed E-state index contributed by atoms with van der Waals surface area (Å²) >= 11 is 0. The lowest BCUT2D eigenvalue weighted by Gasteiger charge is -2.07. The maximum Gasteiger partial charge on any atom is 0.441 e. The molecule has 0 aliphatic carbocycles. The summed E-state index contributed by atoms with van der Waals surface area (Å²) in [7, 11) is 0. The minimum atomic E-state index is -0.369. The van der Waals surface area contributed by atoms with Crippen molar-refractivity contribution in [2.45, 2.75) is 31.7 Å². The average molecular weight is 167 g/mol. The number of hydrogen-bond donors (Lipinski definition) is 0. The van der Waals surface area contributed by atoms with Crippen LogP contribution in [0.25, 0.3) is 0 Å². The van der Waals surface area contributed by atoms with Crippen LogP contribution in [0.5, 0.6) is 0 Å². The Kier molecular flexibility index (Phi) is 1.75. The van der Waals surface area contributed by atoms with E-state index in [4.69, 9.17) is 0 Å². The molecular formula is C8H11N2O2. The third kappa shape index (κ3) is 1.07. The van der Waals surface area contributed by atoms with Gasteiger partial charge in [0.25, 0.3) is 0 Å². The number of nitrogens with zero attached hydrogens (tertiary/aromatic N) is 2. The van der Waals surface area contributed by atoms with E-state index in [-0.39, 0.29) is 11.8 Å². The van der Waals surface area contributed by atoms with Gasteiger partial charge < -0.3 is 0 Å². The standard InChI is InChI=1S/C8H11N2O2/c1-6-4-2-3-5-7-9-12-8(11)10(6)7/h6H,1-5H2/t6-/m0/s1. The third-order valence-corrected chi connectivity index (χ3v) is 2.26. The van der Waals surface area contributed by atoms with Crippen molar-refractivity contribution >= 4 is 0 Å². The van der Waals surface area contributed by atoms with E-state index in [0.29, 0.717) is 0 Å². The molecule has 2 heterocycles. The number of hydrogen-bond acceptors (Lipinski definition) is 3. The summed E-state index contributed by atoms with van der Waals surface area (Å²) < 4.78 is 6.12. The van der Waals surface area contributed by atoms with Gasteiger partial charge in [-0.05, 0) is 19.8 Å². The fourth-order valence-corrected chi connectivity index (χ4v) is 1.60. The molecule has 0 fully saturated rings. The molecule has 4 nitrogen and oxygen atoms in total. The molecule has 0 saturated carbocycles. The summed E-state index contributed by atoms with van der Waals surface area (Å²) in [6, 6.07) is 0.00116. The summed E-state index contributed by atoms with van der Waals surface area (Å²) in [5.41, 5.74) is 0. The van der Waals surface area contributed by atoms with Crippen molar-refractivity contribution in [1.29, 1.82) is 0 Å². The molecule has 0 bridgehead atoms. The predicted molar refractivity (Wildman–Crippen MR) is 42.7 cm³/mol. The smallest absolute Gasteiger partial charge is 0.296 e.